The summed E-state index contributed by atoms with van der Waals surface area (Å²) < 4.78 is 1.02. The van der Waals surface area contributed by atoms with Crippen molar-refractivity contribution in [1.29, 1.82) is 0 Å². The highest BCUT2D eigenvalue weighted by Gasteiger charge is 2.00. The molecule has 2 rings (SSSR count). The molecule has 1 aromatic carbocycles. The number of halogens is 1. The van der Waals surface area contributed by atoms with Crippen LogP contribution in [0.2, 0.25) is 0 Å². The van der Waals surface area contributed by atoms with E-state index in [9.17, 15) is 0 Å². The molecule has 0 radical (unpaired) electrons. The molecule has 0 aliphatic heterocycles. The first kappa shape index (κ1) is 12.8. The summed E-state index contributed by atoms with van der Waals surface area (Å²) in [6.07, 6.45) is 0. The Bertz CT molecular complexity index is 402. The number of nitrogens with one attached hydrogen (secondary N) is 1. The molecule has 2 aromatic rings. The van der Waals surface area contributed by atoms with Crippen LogP contribution in [-0.2, 0) is 0 Å². The first-order valence-corrected chi connectivity index (χ1v) is 4.29. The molecule has 14 heavy (non-hydrogen) atoms. The zero-order chi connectivity index (χ0) is 9.84. The number of aromatic nitrogens is 2. The third-order valence-electron chi connectivity index (χ3n) is 1.55. The van der Waals surface area contributed by atoms with E-state index in [2.05, 4.69) is 37.8 Å². The van der Waals surface area contributed by atoms with Crippen LogP contribution >= 0.6 is 15.9 Å². The number of hydrogen-bond acceptors (Lipinski definition) is 4. The number of benzene rings is 1. The minimum atomic E-state index is 0. The van der Waals surface area contributed by atoms with Crippen molar-refractivity contribution in [2.45, 2.75) is 0 Å². The van der Waals surface area contributed by atoms with E-state index in [1.165, 1.54) is 0 Å². The van der Waals surface area contributed by atoms with E-state index in [0.717, 1.165) is 15.4 Å². The van der Waals surface area contributed by atoms with E-state index in [0.29, 0.717) is 5.82 Å². The molecular formula is C7H12BrN5O. The molecule has 0 aliphatic rings. The van der Waals surface area contributed by atoms with Crippen molar-refractivity contribution >= 4 is 32.7 Å². The zero-order valence-corrected chi connectivity index (χ0v) is 8.88. The molecule has 0 saturated heterocycles. The molecule has 0 aliphatic carbocycles. The van der Waals surface area contributed by atoms with Gasteiger partial charge in [-0.3, -0.25) is 16.8 Å². The monoisotopic (exact) mass is 261 g/mol. The van der Waals surface area contributed by atoms with E-state index >= 15 is 0 Å². The van der Waals surface area contributed by atoms with Crippen molar-refractivity contribution in [3.8, 4) is 0 Å². The third-order valence-corrected chi connectivity index (χ3v) is 2.05. The third kappa shape index (κ3) is 2.42. The molecule has 9 N–H and O–H groups in total. The number of hydrazine groups is 1. The lowest BCUT2D eigenvalue weighted by Crippen LogP contribution is -2.02. The Morgan fingerprint density at radius 3 is 2.57 bits per heavy atom. The number of H-pyrrole nitrogens is 1. The normalized spacial score (nSPS) is 8.79. The Balaban J connectivity index is 0.000000531. The molecule has 7 heteroatoms. The molecular weight excluding hydrogens is 250 g/mol. The summed E-state index contributed by atoms with van der Waals surface area (Å²) in [5.41, 5.74) is 6.52. The van der Waals surface area contributed by atoms with Gasteiger partial charge in [0.15, 0.2) is 5.82 Å². The second-order valence-corrected chi connectivity index (χ2v) is 3.21. The number of rotatable bonds is 0. The fraction of sp³-hybridized carbons (Fsp3) is 0. The maximum absolute atomic E-state index is 5.57. The summed E-state index contributed by atoms with van der Waals surface area (Å²) in [6.45, 7) is 0. The molecule has 78 valence electrons. The molecule has 0 atom stereocenters. The van der Waals surface area contributed by atoms with Gasteiger partial charge in [-0.05, 0) is 18.2 Å². The standard InChI is InChI=1S/C7H6BrN3.H4N2.H2O/c8-4-1-2-5-6(3-4)10-11-7(5)9;1-2;/h1-3H,(H3,9,10,11);1-2H2;1H2. The SMILES string of the molecule is NN.Nc1n[nH]c2cc(Br)ccc12.O. The molecule has 0 saturated carbocycles. The fourth-order valence-corrected chi connectivity index (χ4v) is 1.37. The van der Waals surface area contributed by atoms with E-state index in [1.807, 2.05) is 18.2 Å². The van der Waals surface area contributed by atoms with Crippen molar-refractivity contribution in [2.24, 2.45) is 11.7 Å². The zero-order valence-electron chi connectivity index (χ0n) is 7.29. The number of nitrogens with zero attached hydrogens (tertiary/aromatic N) is 1. The van der Waals surface area contributed by atoms with Crippen LogP contribution in [0.5, 0.6) is 0 Å². The second-order valence-electron chi connectivity index (χ2n) is 2.30. The van der Waals surface area contributed by atoms with E-state index in [1.54, 1.807) is 0 Å². The summed E-state index contributed by atoms with van der Waals surface area (Å²) in [5.74, 6) is 8.55. The number of hydrogen-bond donors (Lipinski definition) is 4. The lowest BCUT2D eigenvalue weighted by molar-refractivity contribution is 0.824. The number of nitrogens with two attached hydrogens (primary N) is 3. The summed E-state index contributed by atoms with van der Waals surface area (Å²) in [4.78, 5) is 0. The summed E-state index contributed by atoms with van der Waals surface area (Å²) in [7, 11) is 0. The van der Waals surface area contributed by atoms with E-state index < -0.39 is 0 Å². The van der Waals surface area contributed by atoms with Crippen LogP contribution < -0.4 is 17.4 Å². The molecule has 0 unspecified atom stereocenters. The van der Waals surface area contributed by atoms with Gasteiger partial charge in [-0.1, -0.05) is 15.9 Å². The van der Waals surface area contributed by atoms with Gasteiger partial charge in [-0.15, -0.1) is 0 Å². The lowest BCUT2D eigenvalue weighted by atomic mass is 10.2. The summed E-state index contributed by atoms with van der Waals surface area (Å²) in [5, 5.41) is 7.66. The summed E-state index contributed by atoms with van der Waals surface area (Å²) in [6, 6.07) is 5.81. The Kier molecular flexibility index (Phi) is 5.10. The van der Waals surface area contributed by atoms with Gasteiger partial charge in [0.2, 0.25) is 0 Å². The Hall–Kier alpha value is -1.15. The highest BCUT2D eigenvalue weighted by atomic mass is 79.9. The highest BCUT2D eigenvalue weighted by molar-refractivity contribution is 9.10. The van der Waals surface area contributed by atoms with Crippen molar-refractivity contribution in [3.05, 3.63) is 22.7 Å². The van der Waals surface area contributed by atoms with Crippen LogP contribution in [0.4, 0.5) is 5.82 Å². The highest BCUT2D eigenvalue weighted by Crippen LogP contribution is 2.21. The maximum Gasteiger partial charge on any atom is 0.153 e. The quantitative estimate of drug-likeness (QED) is 0.389. The Labute approximate surface area is 88.9 Å². The molecule has 1 aromatic heterocycles. The first-order valence-electron chi connectivity index (χ1n) is 3.50. The largest absolute Gasteiger partial charge is 0.412 e. The van der Waals surface area contributed by atoms with Gasteiger partial charge in [0.05, 0.1) is 5.52 Å². The molecule has 0 amide bonds. The van der Waals surface area contributed by atoms with Crippen molar-refractivity contribution < 1.29 is 5.48 Å². The average molecular weight is 262 g/mol. The fourth-order valence-electron chi connectivity index (χ4n) is 1.01. The van der Waals surface area contributed by atoms with Gasteiger partial charge < -0.3 is 11.2 Å². The minimum absolute atomic E-state index is 0. The van der Waals surface area contributed by atoms with Gasteiger partial charge in [0.25, 0.3) is 0 Å². The predicted octanol–water partition coefficient (Wildman–Crippen LogP) is -0.0983. The molecule has 6 nitrogen and oxygen atoms in total. The minimum Gasteiger partial charge on any atom is -0.412 e. The van der Waals surface area contributed by atoms with Crippen molar-refractivity contribution in [2.75, 3.05) is 5.73 Å². The Morgan fingerprint density at radius 1 is 1.29 bits per heavy atom. The van der Waals surface area contributed by atoms with Gasteiger partial charge >= 0.3 is 0 Å². The van der Waals surface area contributed by atoms with Crippen LogP contribution in [-0.4, -0.2) is 15.7 Å². The van der Waals surface area contributed by atoms with Crippen molar-refractivity contribution in [3.63, 3.8) is 0 Å². The van der Waals surface area contributed by atoms with Crippen LogP contribution in [0.15, 0.2) is 22.7 Å². The van der Waals surface area contributed by atoms with Crippen LogP contribution in [0, 0.1) is 0 Å². The predicted molar refractivity (Wildman–Crippen MR) is 60.2 cm³/mol. The molecule has 0 bridgehead atoms. The molecule has 0 spiro atoms. The second kappa shape index (κ2) is 5.55. The van der Waals surface area contributed by atoms with Crippen LogP contribution in [0.25, 0.3) is 10.9 Å². The van der Waals surface area contributed by atoms with Gasteiger partial charge in [-0.25, -0.2) is 0 Å². The number of anilines is 1. The maximum atomic E-state index is 5.57. The lowest BCUT2D eigenvalue weighted by Gasteiger charge is -1.89. The van der Waals surface area contributed by atoms with Crippen LogP contribution in [0.1, 0.15) is 0 Å². The topological polar surface area (TPSA) is 138 Å². The average Bonchev–Trinajstić information content (AvgIpc) is 2.51. The molecule has 1 heterocycles. The van der Waals surface area contributed by atoms with Crippen molar-refractivity contribution in [1.82, 2.24) is 10.2 Å². The van der Waals surface area contributed by atoms with Gasteiger partial charge in [-0.2, -0.15) is 5.10 Å². The molecule has 0 fully saturated rings. The van der Waals surface area contributed by atoms with E-state index in [4.69, 9.17) is 5.73 Å². The van der Waals surface area contributed by atoms with E-state index in [-0.39, 0.29) is 5.48 Å². The number of aromatic amines is 1. The first-order chi connectivity index (χ1) is 6.27. The summed E-state index contributed by atoms with van der Waals surface area (Å²) >= 11 is 3.35. The number of fused-ring (bicyclic) bond motifs is 1. The van der Waals surface area contributed by atoms with Gasteiger partial charge in [0.1, 0.15) is 0 Å². The number of nitrogen functional groups attached to an aromatic ring is 1. The van der Waals surface area contributed by atoms with Gasteiger partial charge in [0, 0.05) is 9.86 Å². The Morgan fingerprint density at radius 2 is 1.93 bits per heavy atom. The van der Waals surface area contributed by atoms with Crippen LogP contribution in [0.3, 0.4) is 0 Å². The smallest absolute Gasteiger partial charge is 0.153 e.